The molecule has 106 valence electrons. The molecule has 4 heteroatoms. The van der Waals surface area contributed by atoms with E-state index in [1.54, 1.807) is 7.11 Å². The Kier molecular flexibility index (Phi) is 4.80. The van der Waals surface area contributed by atoms with Crippen molar-refractivity contribution >= 4 is 11.6 Å². The molecule has 19 heavy (non-hydrogen) atoms. The van der Waals surface area contributed by atoms with Gasteiger partial charge in [0.15, 0.2) is 5.82 Å². The van der Waals surface area contributed by atoms with Crippen molar-refractivity contribution in [2.75, 3.05) is 7.11 Å². The zero-order chi connectivity index (χ0) is 13.9. The Morgan fingerprint density at radius 1 is 1.16 bits per heavy atom. The van der Waals surface area contributed by atoms with E-state index in [1.165, 1.54) is 25.7 Å². The fourth-order valence-corrected chi connectivity index (χ4v) is 2.95. The van der Waals surface area contributed by atoms with Crippen LogP contribution < -0.4 is 0 Å². The Labute approximate surface area is 120 Å². The molecule has 1 fully saturated rings. The van der Waals surface area contributed by atoms with Crippen LogP contribution in [0.2, 0.25) is 5.15 Å². The van der Waals surface area contributed by atoms with Crippen LogP contribution >= 0.6 is 11.6 Å². The molecule has 0 spiro atoms. The van der Waals surface area contributed by atoms with Crippen LogP contribution in [0.4, 0.5) is 0 Å². The molecule has 1 saturated carbocycles. The lowest BCUT2D eigenvalue weighted by Gasteiger charge is -2.30. The second kappa shape index (κ2) is 6.19. The smallest absolute Gasteiger partial charge is 0.162 e. The van der Waals surface area contributed by atoms with E-state index >= 15 is 0 Å². The molecule has 0 saturated heterocycles. The molecule has 3 nitrogen and oxygen atoms in total. The van der Waals surface area contributed by atoms with Gasteiger partial charge in [-0.05, 0) is 24.8 Å². The van der Waals surface area contributed by atoms with Crippen LogP contribution in [0.5, 0.6) is 0 Å². The molecular weight excluding hydrogens is 260 g/mol. The SMILES string of the molecule is COC1(c2nc(Cl)cc(C(C)C)n2)CCCCCC1. The summed E-state index contributed by atoms with van der Waals surface area (Å²) >= 11 is 6.17. The molecule has 0 aliphatic heterocycles. The molecule has 0 amide bonds. The number of rotatable bonds is 3. The summed E-state index contributed by atoms with van der Waals surface area (Å²) in [5.74, 6) is 1.12. The third-order valence-corrected chi connectivity index (χ3v) is 4.21. The van der Waals surface area contributed by atoms with Crippen LogP contribution in [0.15, 0.2) is 6.07 Å². The van der Waals surface area contributed by atoms with Crippen molar-refractivity contribution < 1.29 is 4.74 Å². The molecule has 1 aliphatic carbocycles. The maximum absolute atomic E-state index is 6.17. The second-order valence-electron chi connectivity index (χ2n) is 5.71. The van der Waals surface area contributed by atoms with Gasteiger partial charge in [-0.3, -0.25) is 0 Å². The molecule has 0 bridgehead atoms. The number of halogens is 1. The largest absolute Gasteiger partial charge is 0.370 e. The Hall–Kier alpha value is -0.670. The molecule has 0 atom stereocenters. The number of hydrogen-bond acceptors (Lipinski definition) is 3. The molecule has 1 heterocycles. The van der Waals surface area contributed by atoms with Crippen LogP contribution in [0.25, 0.3) is 0 Å². The van der Waals surface area contributed by atoms with Crippen LogP contribution in [-0.4, -0.2) is 17.1 Å². The van der Waals surface area contributed by atoms with Gasteiger partial charge in [0.1, 0.15) is 10.8 Å². The van der Waals surface area contributed by atoms with Crippen LogP contribution in [0, 0.1) is 0 Å². The summed E-state index contributed by atoms with van der Waals surface area (Å²) < 4.78 is 5.85. The van der Waals surface area contributed by atoms with Gasteiger partial charge in [-0.2, -0.15) is 0 Å². The van der Waals surface area contributed by atoms with Gasteiger partial charge in [0.05, 0.1) is 0 Å². The molecule has 1 aromatic heterocycles. The van der Waals surface area contributed by atoms with Gasteiger partial charge < -0.3 is 4.74 Å². The first kappa shape index (κ1) is 14.7. The van der Waals surface area contributed by atoms with Crippen molar-refractivity contribution in [3.8, 4) is 0 Å². The third kappa shape index (κ3) is 3.26. The van der Waals surface area contributed by atoms with Crippen molar-refractivity contribution in [1.29, 1.82) is 0 Å². The predicted molar refractivity (Wildman–Crippen MR) is 77.5 cm³/mol. The molecule has 2 rings (SSSR count). The van der Waals surface area contributed by atoms with E-state index < -0.39 is 0 Å². The summed E-state index contributed by atoms with van der Waals surface area (Å²) in [5.41, 5.74) is 0.654. The highest BCUT2D eigenvalue weighted by molar-refractivity contribution is 6.29. The van der Waals surface area contributed by atoms with E-state index in [0.29, 0.717) is 11.1 Å². The van der Waals surface area contributed by atoms with E-state index in [0.717, 1.165) is 24.4 Å². The van der Waals surface area contributed by atoms with Gasteiger partial charge in [-0.1, -0.05) is 51.1 Å². The Bertz CT molecular complexity index is 426. The predicted octanol–water partition coefficient (Wildman–Crippen LogP) is 4.45. The average molecular weight is 283 g/mol. The van der Waals surface area contributed by atoms with E-state index in [9.17, 15) is 0 Å². The lowest BCUT2D eigenvalue weighted by molar-refractivity contribution is -0.0353. The molecule has 0 radical (unpaired) electrons. The second-order valence-corrected chi connectivity index (χ2v) is 6.09. The van der Waals surface area contributed by atoms with Crippen LogP contribution in [0.1, 0.15) is 69.8 Å². The summed E-state index contributed by atoms with van der Waals surface area (Å²) in [4.78, 5) is 9.17. The number of ether oxygens (including phenoxy) is 1. The molecule has 1 aromatic rings. The zero-order valence-electron chi connectivity index (χ0n) is 12.1. The molecule has 0 aromatic carbocycles. The van der Waals surface area contributed by atoms with Crippen molar-refractivity contribution in [3.63, 3.8) is 0 Å². The van der Waals surface area contributed by atoms with Crippen molar-refractivity contribution in [2.24, 2.45) is 0 Å². The van der Waals surface area contributed by atoms with Gasteiger partial charge in [-0.25, -0.2) is 9.97 Å². The fraction of sp³-hybridized carbons (Fsp3) is 0.733. The van der Waals surface area contributed by atoms with Crippen LogP contribution in [-0.2, 0) is 10.3 Å². The maximum Gasteiger partial charge on any atom is 0.162 e. The van der Waals surface area contributed by atoms with Crippen LogP contribution in [0.3, 0.4) is 0 Å². The van der Waals surface area contributed by atoms with E-state index in [4.69, 9.17) is 21.3 Å². The van der Waals surface area contributed by atoms with Gasteiger partial charge in [0, 0.05) is 12.8 Å². The minimum absolute atomic E-state index is 0.342. The molecule has 0 N–H and O–H groups in total. The molecular formula is C15H23ClN2O. The first-order valence-corrected chi connectivity index (χ1v) is 7.55. The van der Waals surface area contributed by atoms with Crippen molar-refractivity contribution in [3.05, 3.63) is 22.7 Å². The van der Waals surface area contributed by atoms with Gasteiger partial charge in [0.2, 0.25) is 0 Å². The van der Waals surface area contributed by atoms with Gasteiger partial charge >= 0.3 is 0 Å². The first-order chi connectivity index (χ1) is 9.07. The number of nitrogens with zero attached hydrogens (tertiary/aromatic N) is 2. The van der Waals surface area contributed by atoms with Crippen molar-refractivity contribution in [2.45, 2.75) is 63.9 Å². The van der Waals surface area contributed by atoms with Gasteiger partial charge in [0.25, 0.3) is 0 Å². The number of hydrogen-bond donors (Lipinski definition) is 0. The molecule has 0 unspecified atom stereocenters. The highest BCUT2D eigenvalue weighted by atomic mass is 35.5. The minimum atomic E-state index is -0.342. The highest BCUT2D eigenvalue weighted by Crippen LogP contribution is 2.38. The average Bonchev–Trinajstić information content (AvgIpc) is 2.64. The Balaban J connectivity index is 2.41. The number of aromatic nitrogens is 2. The summed E-state index contributed by atoms with van der Waals surface area (Å²) in [6.07, 6.45) is 6.84. The van der Waals surface area contributed by atoms with Gasteiger partial charge in [-0.15, -0.1) is 0 Å². The van der Waals surface area contributed by atoms with E-state index in [2.05, 4.69) is 18.8 Å². The standard InChI is InChI=1S/C15H23ClN2O/c1-11(2)12-10-13(16)18-14(17-12)15(19-3)8-6-4-5-7-9-15/h10-11H,4-9H2,1-3H3. The maximum atomic E-state index is 6.17. The first-order valence-electron chi connectivity index (χ1n) is 7.17. The molecule has 1 aliphatic rings. The minimum Gasteiger partial charge on any atom is -0.370 e. The topological polar surface area (TPSA) is 35.0 Å². The third-order valence-electron chi connectivity index (χ3n) is 4.02. The summed E-state index contributed by atoms with van der Waals surface area (Å²) in [5, 5.41) is 0.523. The lowest BCUT2D eigenvalue weighted by Crippen LogP contribution is -2.31. The van der Waals surface area contributed by atoms with E-state index in [1.807, 2.05) is 6.07 Å². The summed E-state index contributed by atoms with van der Waals surface area (Å²) in [7, 11) is 1.77. The number of methoxy groups -OCH3 is 1. The lowest BCUT2D eigenvalue weighted by atomic mass is 9.92. The Morgan fingerprint density at radius 2 is 1.79 bits per heavy atom. The zero-order valence-corrected chi connectivity index (χ0v) is 12.8. The Morgan fingerprint density at radius 3 is 2.32 bits per heavy atom. The fourth-order valence-electron chi connectivity index (χ4n) is 2.75. The normalized spacial score (nSPS) is 19.4. The summed E-state index contributed by atoms with van der Waals surface area (Å²) in [6.45, 7) is 4.24. The monoisotopic (exact) mass is 282 g/mol. The van der Waals surface area contributed by atoms with E-state index in [-0.39, 0.29) is 5.60 Å². The van der Waals surface area contributed by atoms with Crippen molar-refractivity contribution in [1.82, 2.24) is 9.97 Å². The quantitative estimate of drug-likeness (QED) is 0.607. The summed E-state index contributed by atoms with van der Waals surface area (Å²) in [6, 6.07) is 1.86. The highest BCUT2D eigenvalue weighted by Gasteiger charge is 2.36.